The lowest BCUT2D eigenvalue weighted by Crippen LogP contribution is -2.39. The van der Waals surface area contributed by atoms with Crippen LogP contribution in [0.5, 0.6) is 0 Å². The molecule has 0 aromatic rings. The smallest absolute Gasteiger partial charge is 0.478 e. The van der Waals surface area contributed by atoms with Gasteiger partial charge in [-0.15, -0.1) is 0 Å². The van der Waals surface area contributed by atoms with E-state index in [1.54, 1.807) is 6.92 Å². The summed E-state index contributed by atoms with van der Waals surface area (Å²) in [6.45, 7) is 1.60. The monoisotopic (exact) mass is 315 g/mol. The quantitative estimate of drug-likeness (QED) is 0.612. The molecule has 0 amide bonds. The Morgan fingerprint density at radius 1 is 1.86 bits per heavy atom. The van der Waals surface area contributed by atoms with Crippen molar-refractivity contribution in [2.24, 2.45) is 4.99 Å². The average Bonchev–Trinajstić information content (AvgIpc) is 2.57. The fourth-order valence-corrected chi connectivity index (χ4v) is 1.18. The highest BCUT2D eigenvalue weighted by molar-refractivity contribution is 14.1. The molecule has 0 radical (unpaired) electrons. The molecular formula is C7H10INO5. The molecule has 1 heterocycles. The molecular weight excluding hydrogens is 305 g/mol. The van der Waals surface area contributed by atoms with E-state index in [2.05, 4.69) is 8.06 Å². The second kappa shape index (κ2) is 4.78. The van der Waals surface area contributed by atoms with Crippen LogP contribution in [0.1, 0.15) is 6.92 Å². The number of aliphatic hydroxyl groups is 1. The third-order valence-corrected chi connectivity index (χ3v) is 2.12. The Labute approximate surface area is 94.9 Å². The van der Waals surface area contributed by atoms with Gasteiger partial charge in [-0.2, -0.15) is 0 Å². The Morgan fingerprint density at radius 2 is 2.57 bits per heavy atom. The van der Waals surface area contributed by atoms with E-state index in [9.17, 15) is 4.79 Å². The van der Waals surface area contributed by atoms with Crippen LogP contribution >= 0.6 is 23.0 Å². The molecule has 0 bridgehead atoms. The summed E-state index contributed by atoms with van der Waals surface area (Å²) < 4.78 is 14.0. The van der Waals surface area contributed by atoms with Crippen molar-refractivity contribution in [3.05, 3.63) is 0 Å². The molecule has 1 N–H and O–H groups in total. The Balaban J connectivity index is 2.51. The zero-order valence-corrected chi connectivity index (χ0v) is 9.68. The van der Waals surface area contributed by atoms with Crippen molar-refractivity contribution >= 4 is 35.1 Å². The number of nitrogens with zero attached hydrogens (tertiary/aromatic N) is 1. The van der Waals surface area contributed by atoms with E-state index >= 15 is 0 Å². The Bertz CT molecular complexity index is 256. The molecule has 0 spiro atoms. The number of rotatable bonds is 3. The van der Waals surface area contributed by atoms with Gasteiger partial charge in [0.05, 0.1) is 6.61 Å². The second-order valence-electron chi connectivity index (χ2n) is 2.92. The van der Waals surface area contributed by atoms with Crippen molar-refractivity contribution in [2.45, 2.75) is 12.5 Å². The van der Waals surface area contributed by atoms with Crippen LogP contribution in [0.3, 0.4) is 0 Å². The summed E-state index contributed by atoms with van der Waals surface area (Å²) in [5, 5.41) is 9.10. The van der Waals surface area contributed by atoms with E-state index in [1.807, 2.05) is 0 Å². The summed E-state index contributed by atoms with van der Waals surface area (Å²) in [4.78, 5) is 14.7. The van der Waals surface area contributed by atoms with E-state index < -0.39 is 11.7 Å². The lowest BCUT2D eigenvalue weighted by Gasteiger charge is -2.19. The van der Waals surface area contributed by atoms with E-state index in [0.717, 1.165) is 0 Å². The molecule has 0 aliphatic carbocycles. The van der Waals surface area contributed by atoms with Gasteiger partial charge in [0, 0.05) is 6.92 Å². The molecule has 0 saturated heterocycles. The van der Waals surface area contributed by atoms with Crippen LogP contribution in [0, 0.1) is 0 Å². The van der Waals surface area contributed by atoms with Gasteiger partial charge in [-0.05, 0) is 0 Å². The molecule has 80 valence electrons. The zero-order chi connectivity index (χ0) is 10.6. The molecule has 0 saturated carbocycles. The van der Waals surface area contributed by atoms with Crippen molar-refractivity contribution in [1.29, 1.82) is 0 Å². The fraction of sp³-hybridized carbons (Fsp3) is 0.714. The topological polar surface area (TPSA) is 77.4 Å². The number of aliphatic hydroxyl groups excluding tert-OH is 1. The molecule has 1 aliphatic rings. The second-order valence-corrected chi connectivity index (χ2v) is 3.36. The number of hydrogen-bond donors (Lipinski definition) is 1. The van der Waals surface area contributed by atoms with Crippen LogP contribution in [-0.4, -0.2) is 42.5 Å². The zero-order valence-electron chi connectivity index (χ0n) is 7.53. The minimum Gasteiger partial charge on any atom is -0.478 e. The van der Waals surface area contributed by atoms with Crippen molar-refractivity contribution in [1.82, 2.24) is 0 Å². The van der Waals surface area contributed by atoms with Crippen LogP contribution in [0.4, 0.5) is 4.79 Å². The van der Waals surface area contributed by atoms with Gasteiger partial charge in [-0.3, -0.25) is 0 Å². The molecule has 0 aromatic carbocycles. The Hall–Kier alpha value is -0.570. The van der Waals surface area contributed by atoms with E-state index in [1.165, 1.54) is 23.0 Å². The van der Waals surface area contributed by atoms with Crippen molar-refractivity contribution in [3.8, 4) is 0 Å². The summed E-state index contributed by atoms with van der Waals surface area (Å²) in [6, 6.07) is 0. The Kier molecular flexibility index (Phi) is 3.93. The molecule has 14 heavy (non-hydrogen) atoms. The minimum atomic E-state index is -0.866. The highest BCUT2D eigenvalue weighted by Gasteiger charge is 2.36. The number of aliphatic imine (C=N–C) groups is 1. The van der Waals surface area contributed by atoms with Gasteiger partial charge < -0.3 is 17.6 Å². The largest absolute Gasteiger partial charge is 0.518 e. The molecule has 6 nitrogen and oxygen atoms in total. The molecule has 1 atom stereocenters. The predicted molar refractivity (Wildman–Crippen MR) is 55.3 cm³/mol. The van der Waals surface area contributed by atoms with E-state index in [-0.39, 0.29) is 19.8 Å². The van der Waals surface area contributed by atoms with E-state index in [4.69, 9.17) is 14.6 Å². The van der Waals surface area contributed by atoms with Crippen molar-refractivity contribution < 1.29 is 22.4 Å². The SMILES string of the molecule is CC1=NC(CO)(COC(=O)OI)CO1. The van der Waals surface area contributed by atoms with Crippen LogP contribution in [0.15, 0.2) is 4.99 Å². The lowest BCUT2D eigenvalue weighted by molar-refractivity contribution is 0.0568. The maximum absolute atomic E-state index is 10.7. The Morgan fingerprint density at radius 3 is 3.00 bits per heavy atom. The van der Waals surface area contributed by atoms with Gasteiger partial charge in [0.25, 0.3) is 0 Å². The van der Waals surface area contributed by atoms with Crippen molar-refractivity contribution in [2.75, 3.05) is 19.8 Å². The first-order valence-corrected chi connectivity index (χ1v) is 4.75. The summed E-state index contributed by atoms with van der Waals surface area (Å²) in [6.07, 6.45) is -0.807. The first kappa shape index (κ1) is 11.5. The number of ether oxygens (including phenoxy) is 2. The standard InChI is InChI=1S/C7H10INO5/c1-5-9-7(2-10,3-12-5)4-13-6(11)14-8/h10H,2-4H2,1H3. The molecule has 0 fully saturated rings. The molecule has 1 rings (SSSR count). The molecule has 0 aromatic heterocycles. The molecule has 7 heteroatoms. The lowest BCUT2D eigenvalue weighted by atomic mass is 10.1. The first-order chi connectivity index (χ1) is 6.62. The average molecular weight is 315 g/mol. The number of carbonyl (C=O) groups excluding carboxylic acids is 1. The predicted octanol–water partition coefficient (Wildman–Crippen LogP) is 0.669. The van der Waals surface area contributed by atoms with Gasteiger partial charge in [-0.1, -0.05) is 0 Å². The van der Waals surface area contributed by atoms with Gasteiger partial charge in [0.15, 0.2) is 34.4 Å². The van der Waals surface area contributed by atoms with Gasteiger partial charge in [0.1, 0.15) is 13.2 Å². The van der Waals surface area contributed by atoms with Gasteiger partial charge in [0.2, 0.25) is 0 Å². The summed E-state index contributed by atoms with van der Waals surface area (Å²) in [7, 11) is 0. The number of carbonyl (C=O) groups is 1. The van der Waals surface area contributed by atoms with Crippen molar-refractivity contribution in [3.63, 3.8) is 0 Å². The maximum Gasteiger partial charge on any atom is 0.518 e. The number of halogens is 1. The summed E-state index contributed by atoms with van der Waals surface area (Å²) >= 11 is 1.42. The van der Waals surface area contributed by atoms with Crippen LogP contribution in [0.25, 0.3) is 0 Å². The number of hydrogen-bond acceptors (Lipinski definition) is 6. The fourth-order valence-electron chi connectivity index (χ4n) is 1.05. The summed E-state index contributed by atoms with van der Waals surface area (Å²) in [5.41, 5.74) is -0.866. The van der Waals surface area contributed by atoms with Crippen LogP contribution in [-0.2, 0) is 12.5 Å². The highest BCUT2D eigenvalue weighted by atomic mass is 127. The molecule has 1 aliphatic heterocycles. The third kappa shape index (κ3) is 2.71. The van der Waals surface area contributed by atoms with Crippen LogP contribution < -0.4 is 0 Å². The van der Waals surface area contributed by atoms with Gasteiger partial charge >= 0.3 is 6.16 Å². The van der Waals surface area contributed by atoms with Crippen LogP contribution in [0.2, 0.25) is 0 Å². The highest BCUT2D eigenvalue weighted by Crippen LogP contribution is 2.19. The normalized spacial score (nSPS) is 25.2. The minimum absolute atomic E-state index is 0.0529. The molecule has 1 unspecified atom stereocenters. The summed E-state index contributed by atoms with van der Waals surface area (Å²) in [5.74, 6) is 0.477. The third-order valence-electron chi connectivity index (χ3n) is 1.76. The van der Waals surface area contributed by atoms with E-state index in [0.29, 0.717) is 5.90 Å². The maximum atomic E-state index is 10.7. The first-order valence-electron chi connectivity index (χ1n) is 3.87. The van der Waals surface area contributed by atoms with Gasteiger partial charge in [-0.25, -0.2) is 9.79 Å².